The Kier molecular flexibility index (Phi) is 3.38. The van der Waals surface area contributed by atoms with Crippen molar-refractivity contribution in [2.24, 2.45) is 0 Å². The van der Waals surface area contributed by atoms with Gasteiger partial charge in [-0.1, -0.05) is 0 Å². The molecule has 1 aromatic heterocycles. The number of aliphatic hydroxyl groups excluding tert-OH is 1. The van der Waals surface area contributed by atoms with E-state index < -0.39 is 0 Å². The summed E-state index contributed by atoms with van der Waals surface area (Å²) in [5.41, 5.74) is 1.08. The van der Waals surface area contributed by atoms with Gasteiger partial charge in [-0.3, -0.25) is 0 Å². The molecule has 0 radical (unpaired) electrons. The molecule has 1 heterocycles. The normalized spacial score (nSPS) is 28.2. The lowest BCUT2D eigenvalue weighted by Gasteiger charge is -2.20. The molecule has 0 spiro atoms. The Balaban J connectivity index is 1.94. The minimum Gasteiger partial charge on any atom is -0.392 e. The number of hydrogen-bond acceptors (Lipinski definition) is 4. The van der Waals surface area contributed by atoms with Gasteiger partial charge in [-0.2, -0.15) is 0 Å². The van der Waals surface area contributed by atoms with Crippen LogP contribution in [-0.2, 0) is 0 Å². The van der Waals surface area contributed by atoms with Crippen LogP contribution in [0.5, 0.6) is 0 Å². The molecule has 0 saturated heterocycles. The van der Waals surface area contributed by atoms with Crippen LogP contribution in [0.25, 0.3) is 0 Å². The SMILES string of the molecule is Cc1csc(C(C)NC2CCCC2O)n1. The Morgan fingerprint density at radius 2 is 2.40 bits per heavy atom. The number of aryl methyl sites for hydroxylation is 1. The average molecular weight is 226 g/mol. The number of aromatic nitrogens is 1. The lowest BCUT2D eigenvalue weighted by atomic mass is 10.2. The molecule has 3 atom stereocenters. The molecule has 1 aromatic rings. The van der Waals surface area contributed by atoms with Gasteiger partial charge in [0.1, 0.15) is 5.01 Å². The maximum atomic E-state index is 9.71. The molecule has 3 nitrogen and oxygen atoms in total. The van der Waals surface area contributed by atoms with Crippen LogP contribution >= 0.6 is 11.3 Å². The lowest BCUT2D eigenvalue weighted by molar-refractivity contribution is 0.144. The monoisotopic (exact) mass is 226 g/mol. The number of aliphatic hydroxyl groups is 1. The molecule has 1 fully saturated rings. The third-order valence-corrected chi connectivity index (χ3v) is 4.10. The molecule has 2 N–H and O–H groups in total. The smallest absolute Gasteiger partial charge is 0.110 e. The van der Waals surface area contributed by atoms with Crippen LogP contribution in [0.4, 0.5) is 0 Å². The third kappa shape index (κ3) is 2.56. The highest BCUT2D eigenvalue weighted by molar-refractivity contribution is 7.09. The summed E-state index contributed by atoms with van der Waals surface area (Å²) in [4.78, 5) is 4.45. The first-order chi connectivity index (χ1) is 7.16. The zero-order valence-electron chi connectivity index (χ0n) is 9.23. The van der Waals surface area contributed by atoms with Crippen molar-refractivity contribution in [3.05, 3.63) is 16.1 Å². The van der Waals surface area contributed by atoms with Gasteiger partial charge in [-0.25, -0.2) is 4.98 Å². The van der Waals surface area contributed by atoms with Gasteiger partial charge in [0.15, 0.2) is 0 Å². The quantitative estimate of drug-likeness (QED) is 0.829. The van der Waals surface area contributed by atoms with Crippen molar-refractivity contribution in [3.8, 4) is 0 Å². The zero-order chi connectivity index (χ0) is 10.8. The fourth-order valence-corrected chi connectivity index (χ4v) is 2.91. The highest BCUT2D eigenvalue weighted by Gasteiger charge is 2.26. The van der Waals surface area contributed by atoms with Gasteiger partial charge in [0.25, 0.3) is 0 Å². The van der Waals surface area contributed by atoms with E-state index in [0.717, 1.165) is 30.0 Å². The minimum atomic E-state index is -0.173. The van der Waals surface area contributed by atoms with Crippen molar-refractivity contribution >= 4 is 11.3 Å². The average Bonchev–Trinajstić information content (AvgIpc) is 2.77. The summed E-state index contributed by atoms with van der Waals surface area (Å²) in [6.45, 7) is 4.13. The van der Waals surface area contributed by atoms with Crippen LogP contribution in [0.1, 0.15) is 42.9 Å². The molecule has 0 aromatic carbocycles. The Labute approximate surface area is 94.5 Å². The second-order valence-corrected chi connectivity index (χ2v) is 5.21. The number of nitrogens with one attached hydrogen (secondary N) is 1. The molecule has 2 rings (SSSR count). The minimum absolute atomic E-state index is 0.173. The van der Waals surface area contributed by atoms with Crippen molar-refractivity contribution in [3.63, 3.8) is 0 Å². The molecule has 1 saturated carbocycles. The number of hydrogen-bond donors (Lipinski definition) is 2. The Hall–Kier alpha value is -0.450. The fraction of sp³-hybridized carbons (Fsp3) is 0.727. The van der Waals surface area contributed by atoms with Crippen LogP contribution < -0.4 is 5.32 Å². The lowest BCUT2D eigenvalue weighted by Crippen LogP contribution is -2.37. The van der Waals surface area contributed by atoms with E-state index in [1.54, 1.807) is 11.3 Å². The predicted molar refractivity (Wildman–Crippen MR) is 62.0 cm³/mol. The first-order valence-electron chi connectivity index (χ1n) is 5.53. The first-order valence-corrected chi connectivity index (χ1v) is 6.41. The van der Waals surface area contributed by atoms with Gasteiger partial charge in [0.05, 0.1) is 12.1 Å². The summed E-state index contributed by atoms with van der Waals surface area (Å²) < 4.78 is 0. The van der Waals surface area contributed by atoms with Crippen molar-refractivity contribution in [1.29, 1.82) is 0 Å². The van der Waals surface area contributed by atoms with Crippen molar-refractivity contribution in [2.75, 3.05) is 0 Å². The van der Waals surface area contributed by atoms with Crippen LogP contribution in [0.3, 0.4) is 0 Å². The number of nitrogens with zero attached hydrogens (tertiary/aromatic N) is 1. The zero-order valence-corrected chi connectivity index (χ0v) is 10.0. The van der Waals surface area contributed by atoms with E-state index in [2.05, 4.69) is 22.6 Å². The van der Waals surface area contributed by atoms with E-state index >= 15 is 0 Å². The molecule has 3 unspecified atom stereocenters. The van der Waals surface area contributed by atoms with Crippen LogP contribution in [-0.4, -0.2) is 22.2 Å². The van der Waals surface area contributed by atoms with Crippen molar-refractivity contribution < 1.29 is 5.11 Å². The van der Waals surface area contributed by atoms with Gasteiger partial charge >= 0.3 is 0 Å². The molecular formula is C11H18N2OS. The van der Waals surface area contributed by atoms with E-state index in [4.69, 9.17) is 0 Å². The van der Waals surface area contributed by atoms with Crippen LogP contribution in [0.2, 0.25) is 0 Å². The Morgan fingerprint density at radius 1 is 1.60 bits per heavy atom. The van der Waals surface area contributed by atoms with E-state index in [0.29, 0.717) is 0 Å². The summed E-state index contributed by atoms with van der Waals surface area (Å²) in [7, 11) is 0. The van der Waals surface area contributed by atoms with Crippen molar-refractivity contribution in [1.82, 2.24) is 10.3 Å². The number of rotatable bonds is 3. The van der Waals surface area contributed by atoms with Gasteiger partial charge in [0.2, 0.25) is 0 Å². The molecule has 1 aliphatic carbocycles. The van der Waals surface area contributed by atoms with Crippen LogP contribution in [0.15, 0.2) is 5.38 Å². The summed E-state index contributed by atoms with van der Waals surface area (Å²) in [6, 6.07) is 0.505. The van der Waals surface area contributed by atoms with E-state index in [1.807, 2.05) is 6.92 Å². The summed E-state index contributed by atoms with van der Waals surface area (Å²) >= 11 is 1.69. The second kappa shape index (κ2) is 4.60. The summed E-state index contributed by atoms with van der Waals surface area (Å²) in [5, 5.41) is 16.4. The predicted octanol–water partition coefficient (Wildman–Crippen LogP) is 2.02. The molecule has 0 bridgehead atoms. The standard InChI is InChI=1S/C11H18N2OS/c1-7-6-15-11(12-7)8(2)13-9-4-3-5-10(9)14/h6,8-10,13-14H,3-5H2,1-2H3. The van der Waals surface area contributed by atoms with Gasteiger partial charge < -0.3 is 10.4 Å². The summed E-state index contributed by atoms with van der Waals surface area (Å²) in [6.07, 6.45) is 2.97. The van der Waals surface area contributed by atoms with Gasteiger partial charge in [-0.15, -0.1) is 11.3 Å². The fourth-order valence-electron chi connectivity index (χ4n) is 2.10. The third-order valence-electron chi connectivity index (χ3n) is 2.95. The molecule has 1 aliphatic rings. The van der Waals surface area contributed by atoms with Crippen LogP contribution in [0, 0.1) is 6.92 Å². The largest absolute Gasteiger partial charge is 0.392 e. The maximum Gasteiger partial charge on any atom is 0.110 e. The molecular weight excluding hydrogens is 208 g/mol. The molecule has 0 amide bonds. The molecule has 0 aliphatic heterocycles. The van der Waals surface area contributed by atoms with Gasteiger partial charge in [0, 0.05) is 17.1 Å². The molecule has 84 valence electrons. The van der Waals surface area contributed by atoms with E-state index in [1.165, 1.54) is 0 Å². The Bertz CT molecular complexity index is 326. The molecule has 4 heteroatoms. The topological polar surface area (TPSA) is 45.1 Å². The van der Waals surface area contributed by atoms with Crippen molar-refractivity contribution in [2.45, 2.75) is 51.3 Å². The van der Waals surface area contributed by atoms with Gasteiger partial charge in [-0.05, 0) is 33.1 Å². The first kappa shape index (κ1) is 11.0. The number of thiazole rings is 1. The van der Waals surface area contributed by atoms with E-state index in [-0.39, 0.29) is 18.2 Å². The highest BCUT2D eigenvalue weighted by atomic mass is 32.1. The highest BCUT2D eigenvalue weighted by Crippen LogP contribution is 2.24. The van der Waals surface area contributed by atoms with E-state index in [9.17, 15) is 5.11 Å². The maximum absolute atomic E-state index is 9.71. The molecule has 15 heavy (non-hydrogen) atoms. The Morgan fingerprint density at radius 3 is 2.93 bits per heavy atom. The second-order valence-electron chi connectivity index (χ2n) is 4.32. The summed E-state index contributed by atoms with van der Waals surface area (Å²) in [5.74, 6) is 0.